The highest BCUT2D eigenvalue weighted by Gasteiger charge is 2.19. The van der Waals surface area contributed by atoms with Crippen molar-refractivity contribution in [3.8, 4) is 0 Å². The Labute approximate surface area is 102 Å². The van der Waals surface area contributed by atoms with Crippen molar-refractivity contribution >= 4 is 11.6 Å². The molecule has 2 rings (SSSR count). The van der Waals surface area contributed by atoms with Gasteiger partial charge < -0.3 is 10.6 Å². The second kappa shape index (κ2) is 5.17. The average Bonchev–Trinajstić information content (AvgIpc) is 2.25. The quantitative estimate of drug-likeness (QED) is 0.846. The first kappa shape index (κ1) is 11.9. The summed E-state index contributed by atoms with van der Waals surface area (Å²) in [6.45, 7) is 7.37. The van der Waals surface area contributed by atoms with Crippen molar-refractivity contribution in [1.29, 1.82) is 0 Å². The molecular formula is C13H19ClN2. The summed E-state index contributed by atoms with van der Waals surface area (Å²) in [4.78, 5) is 0. The van der Waals surface area contributed by atoms with Crippen molar-refractivity contribution in [2.45, 2.75) is 32.4 Å². The van der Waals surface area contributed by atoms with E-state index >= 15 is 0 Å². The van der Waals surface area contributed by atoms with Gasteiger partial charge >= 0.3 is 0 Å². The van der Waals surface area contributed by atoms with E-state index < -0.39 is 0 Å². The molecule has 3 heteroatoms. The van der Waals surface area contributed by atoms with Gasteiger partial charge in [0.25, 0.3) is 0 Å². The number of halogens is 1. The summed E-state index contributed by atoms with van der Waals surface area (Å²) in [6, 6.07) is 6.78. The lowest BCUT2D eigenvalue weighted by molar-refractivity contribution is 0.478. The Morgan fingerprint density at radius 2 is 2.31 bits per heavy atom. The van der Waals surface area contributed by atoms with Gasteiger partial charge in [0.2, 0.25) is 0 Å². The van der Waals surface area contributed by atoms with Gasteiger partial charge in [-0.25, -0.2) is 0 Å². The maximum atomic E-state index is 6.01. The van der Waals surface area contributed by atoms with Crippen LogP contribution in [-0.2, 0) is 6.54 Å². The lowest BCUT2D eigenvalue weighted by Gasteiger charge is -2.27. The Hall–Kier alpha value is -0.570. The van der Waals surface area contributed by atoms with Crippen molar-refractivity contribution in [3.05, 3.63) is 34.3 Å². The number of fused-ring (bicyclic) bond motifs is 1. The van der Waals surface area contributed by atoms with E-state index in [0.717, 1.165) is 24.7 Å². The fraction of sp³-hybridized carbons (Fsp3) is 0.538. The standard InChI is InChI=1S/C13H19ClN2/c1-9(2)16-8-11-7-15-6-10-5-12(14)3-4-13(10)11/h3-5,9,11,15-16H,6-8H2,1-2H3. The van der Waals surface area contributed by atoms with E-state index in [4.69, 9.17) is 11.6 Å². The Balaban J connectivity index is 2.13. The van der Waals surface area contributed by atoms with Crippen LogP contribution in [0.1, 0.15) is 30.9 Å². The van der Waals surface area contributed by atoms with Crippen LogP contribution in [0.4, 0.5) is 0 Å². The summed E-state index contributed by atoms with van der Waals surface area (Å²) >= 11 is 6.01. The van der Waals surface area contributed by atoms with Gasteiger partial charge in [0.1, 0.15) is 0 Å². The molecule has 1 aliphatic rings. The van der Waals surface area contributed by atoms with Crippen LogP contribution in [0, 0.1) is 0 Å². The molecule has 1 heterocycles. The largest absolute Gasteiger partial charge is 0.314 e. The van der Waals surface area contributed by atoms with Crippen LogP contribution >= 0.6 is 11.6 Å². The molecule has 0 saturated heterocycles. The minimum atomic E-state index is 0.540. The summed E-state index contributed by atoms with van der Waals surface area (Å²) in [5, 5.41) is 7.77. The minimum Gasteiger partial charge on any atom is -0.314 e. The van der Waals surface area contributed by atoms with Crippen molar-refractivity contribution in [3.63, 3.8) is 0 Å². The van der Waals surface area contributed by atoms with Gasteiger partial charge in [-0.3, -0.25) is 0 Å². The predicted molar refractivity (Wildman–Crippen MR) is 69.0 cm³/mol. The van der Waals surface area contributed by atoms with Crippen molar-refractivity contribution in [2.24, 2.45) is 0 Å². The maximum absolute atomic E-state index is 6.01. The zero-order chi connectivity index (χ0) is 11.5. The smallest absolute Gasteiger partial charge is 0.0409 e. The molecule has 0 amide bonds. The molecule has 0 radical (unpaired) electrons. The highest BCUT2D eigenvalue weighted by molar-refractivity contribution is 6.30. The lowest BCUT2D eigenvalue weighted by atomic mass is 9.90. The first-order valence-electron chi connectivity index (χ1n) is 5.89. The normalized spacial score (nSPS) is 19.9. The summed E-state index contributed by atoms with van der Waals surface area (Å²) in [7, 11) is 0. The van der Waals surface area contributed by atoms with E-state index in [1.54, 1.807) is 0 Å². The second-order valence-corrected chi connectivity index (χ2v) is 5.17. The topological polar surface area (TPSA) is 24.1 Å². The van der Waals surface area contributed by atoms with Crippen LogP contribution in [0.3, 0.4) is 0 Å². The van der Waals surface area contributed by atoms with Crippen LogP contribution in [0.5, 0.6) is 0 Å². The van der Waals surface area contributed by atoms with Crippen LogP contribution in [0.2, 0.25) is 5.02 Å². The fourth-order valence-corrected chi connectivity index (χ4v) is 2.37. The molecule has 16 heavy (non-hydrogen) atoms. The van der Waals surface area contributed by atoms with Crippen LogP contribution < -0.4 is 10.6 Å². The number of hydrogen-bond donors (Lipinski definition) is 2. The Morgan fingerprint density at radius 1 is 1.50 bits per heavy atom. The fourth-order valence-electron chi connectivity index (χ4n) is 2.18. The minimum absolute atomic E-state index is 0.540. The Morgan fingerprint density at radius 3 is 3.06 bits per heavy atom. The maximum Gasteiger partial charge on any atom is 0.0409 e. The van der Waals surface area contributed by atoms with Crippen molar-refractivity contribution < 1.29 is 0 Å². The monoisotopic (exact) mass is 238 g/mol. The van der Waals surface area contributed by atoms with Gasteiger partial charge in [-0.15, -0.1) is 0 Å². The molecule has 1 unspecified atom stereocenters. The molecule has 88 valence electrons. The summed E-state index contributed by atoms with van der Waals surface area (Å²) in [6.07, 6.45) is 0. The Kier molecular flexibility index (Phi) is 3.85. The number of hydrogen-bond acceptors (Lipinski definition) is 2. The van der Waals surface area contributed by atoms with Gasteiger partial charge in [0.15, 0.2) is 0 Å². The van der Waals surface area contributed by atoms with E-state index in [2.05, 4.69) is 36.6 Å². The highest BCUT2D eigenvalue weighted by atomic mass is 35.5. The summed E-state index contributed by atoms with van der Waals surface area (Å²) in [5.74, 6) is 0.559. The average molecular weight is 239 g/mol. The first-order valence-corrected chi connectivity index (χ1v) is 6.27. The Bertz CT molecular complexity index is 363. The van der Waals surface area contributed by atoms with Crippen LogP contribution in [0.15, 0.2) is 18.2 Å². The molecule has 0 aliphatic carbocycles. The molecule has 0 saturated carbocycles. The third kappa shape index (κ3) is 2.76. The SMILES string of the molecule is CC(C)NCC1CNCc2cc(Cl)ccc21. The molecule has 0 bridgehead atoms. The predicted octanol–water partition coefficient (Wildman–Crippen LogP) is 2.52. The van der Waals surface area contributed by atoms with E-state index in [1.807, 2.05) is 6.07 Å². The lowest BCUT2D eigenvalue weighted by Crippen LogP contribution is -2.36. The van der Waals surface area contributed by atoms with E-state index in [-0.39, 0.29) is 0 Å². The van der Waals surface area contributed by atoms with Crippen molar-refractivity contribution in [2.75, 3.05) is 13.1 Å². The molecule has 2 nitrogen and oxygen atoms in total. The molecule has 0 aromatic heterocycles. The molecule has 1 atom stereocenters. The summed E-state index contributed by atoms with van der Waals surface area (Å²) in [5.41, 5.74) is 2.78. The third-order valence-electron chi connectivity index (χ3n) is 3.02. The molecule has 2 N–H and O–H groups in total. The third-order valence-corrected chi connectivity index (χ3v) is 3.26. The highest BCUT2D eigenvalue weighted by Crippen LogP contribution is 2.26. The van der Waals surface area contributed by atoms with E-state index in [0.29, 0.717) is 12.0 Å². The second-order valence-electron chi connectivity index (χ2n) is 4.73. The molecule has 1 aromatic rings. The first-order chi connectivity index (χ1) is 7.66. The van der Waals surface area contributed by atoms with Gasteiger partial charge in [-0.2, -0.15) is 0 Å². The van der Waals surface area contributed by atoms with Gasteiger partial charge in [0, 0.05) is 36.6 Å². The summed E-state index contributed by atoms with van der Waals surface area (Å²) < 4.78 is 0. The molecule has 0 spiro atoms. The molecule has 1 aliphatic heterocycles. The number of rotatable bonds is 3. The molecule has 1 aromatic carbocycles. The molecular weight excluding hydrogens is 220 g/mol. The number of benzene rings is 1. The molecule has 0 fully saturated rings. The van der Waals surface area contributed by atoms with E-state index in [1.165, 1.54) is 11.1 Å². The van der Waals surface area contributed by atoms with Crippen LogP contribution in [-0.4, -0.2) is 19.1 Å². The number of nitrogens with one attached hydrogen (secondary N) is 2. The van der Waals surface area contributed by atoms with Gasteiger partial charge in [0.05, 0.1) is 0 Å². The zero-order valence-corrected chi connectivity index (χ0v) is 10.6. The zero-order valence-electron chi connectivity index (χ0n) is 9.89. The van der Waals surface area contributed by atoms with Crippen molar-refractivity contribution in [1.82, 2.24) is 10.6 Å². The van der Waals surface area contributed by atoms with Gasteiger partial charge in [-0.05, 0) is 23.3 Å². The van der Waals surface area contributed by atoms with E-state index in [9.17, 15) is 0 Å². The van der Waals surface area contributed by atoms with Crippen LogP contribution in [0.25, 0.3) is 0 Å². The van der Waals surface area contributed by atoms with Gasteiger partial charge in [-0.1, -0.05) is 31.5 Å².